The number of methoxy groups -OCH3 is 1. The maximum absolute atomic E-state index is 5.23. The fourth-order valence-electron chi connectivity index (χ4n) is 2.52. The van der Waals surface area contributed by atoms with Crippen molar-refractivity contribution in [2.45, 2.75) is 26.2 Å². The number of rotatable bonds is 4. The second-order valence-electron chi connectivity index (χ2n) is 7.04. The van der Waals surface area contributed by atoms with Crippen LogP contribution in [0.2, 0.25) is 26.2 Å². The molecule has 24 heavy (non-hydrogen) atoms. The lowest BCUT2D eigenvalue weighted by Crippen LogP contribution is -2.40. The smallest absolute Gasteiger partial charge is 0.163 e. The maximum atomic E-state index is 5.23. The molecule has 0 unspecified atom stereocenters. The van der Waals surface area contributed by atoms with Crippen molar-refractivity contribution in [1.82, 2.24) is 0 Å². The molecule has 0 fully saturated rings. The summed E-state index contributed by atoms with van der Waals surface area (Å²) in [6.45, 7) is 9.28. The summed E-state index contributed by atoms with van der Waals surface area (Å²) in [6.07, 6.45) is 2.07. The molecule has 0 spiro atoms. The van der Waals surface area contributed by atoms with Crippen molar-refractivity contribution in [3.05, 3.63) is 66.4 Å². The van der Waals surface area contributed by atoms with E-state index in [0.717, 1.165) is 5.75 Å². The molecule has 0 aromatic heterocycles. The zero-order chi connectivity index (χ0) is 17.6. The van der Waals surface area contributed by atoms with Crippen molar-refractivity contribution >= 4 is 26.5 Å². The third kappa shape index (κ3) is 4.73. The van der Waals surface area contributed by atoms with Crippen LogP contribution in [0.1, 0.15) is 0 Å². The highest BCUT2D eigenvalue weighted by atomic mass is 28.3. The molecule has 0 atom stereocenters. The molecule has 2 aromatic carbocycles. The fraction of sp³-hybridized carbons (Fsp3) is 0.238. The van der Waals surface area contributed by atoms with E-state index in [2.05, 4.69) is 91.9 Å². The quantitative estimate of drug-likeness (QED) is 0.601. The van der Waals surface area contributed by atoms with Gasteiger partial charge in [-0.25, -0.2) is 0 Å². The van der Waals surface area contributed by atoms with Crippen molar-refractivity contribution in [3.8, 4) is 17.2 Å². The highest BCUT2D eigenvalue weighted by Gasteiger charge is 2.21. The first-order valence-corrected chi connectivity index (χ1v) is 14.3. The highest BCUT2D eigenvalue weighted by Crippen LogP contribution is 2.10. The van der Waals surface area contributed by atoms with Crippen LogP contribution in [0.25, 0.3) is 0 Å². The number of benzene rings is 2. The molecule has 2 rings (SSSR count). The summed E-state index contributed by atoms with van der Waals surface area (Å²) in [6, 6.07) is 19.1. The van der Waals surface area contributed by atoms with Crippen LogP contribution in [0.4, 0.5) is 0 Å². The van der Waals surface area contributed by atoms with Crippen LogP contribution in [0, 0.1) is 11.5 Å². The van der Waals surface area contributed by atoms with Gasteiger partial charge in [0.05, 0.1) is 7.11 Å². The Balaban J connectivity index is 2.13. The third-order valence-corrected chi connectivity index (χ3v) is 9.66. The lowest BCUT2D eigenvalue weighted by molar-refractivity contribution is 0.415. The van der Waals surface area contributed by atoms with Gasteiger partial charge in [0.15, 0.2) is 8.07 Å². The Bertz CT molecular complexity index is 748. The zero-order valence-corrected chi connectivity index (χ0v) is 17.3. The molecular weight excluding hydrogens is 324 g/mol. The van der Waals surface area contributed by atoms with Crippen LogP contribution >= 0.6 is 0 Å². The first kappa shape index (κ1) is 18.3. The molecule has 0 amide bonds. The Morgan fingerprint density at radius 1 is 0.833 bits per heavy atom. The van der Waals surface area contributed by atoms with Crippen LogP contribution in [-0.4, -0.2) is 23.3 Å². The Morgan fingerprint density at radius 2 is 1.46 bits per heavy atom. The summed E-state index contributed by atoms with van der Waals surface area (Å²) in [7, 11) is -1.60. The molecular formula is C21H26OSi2. The molecule has 0 saturated heterocycles. The second kappa shape index (κ2) is 7.70. The largest absolute Gasteiger partial charge is 0.497 e. The van der Waals surface area contributed by atoms with Crippen LogP contribution in [-0.2, 0) is 0 Å². The van der Waals surface area contributed by atoms with Crippen molar-refractivity contribution in [3.63, 3.8) is 0 Å². The van der Waals surface area contributed by atoms with Gasteiger partial charge in [0.25, 0.3) is 0 Å². The van der Waals surface area contributed by atoms with Crippen LogP contribution < -0.4 is 15.1 Å². The molecule has 1 nitrogen and oxygen atoms in total. The van der Waals surface area contributed by atoms with E-state index in [4.69, 9.17) is 4.74 Å². The van der Waals surface area contributed by atoms with Gasteiger partial charge in [0.2, 0.25) is 0 Å². The topological polar surface area (TPSA) is 9.23 Å². The molecule has 0 saturated carbocycles. The molecule has 124 valence electrons. The molecule has 0 heterocycles. The van der Waals surface area contributed by atoms with Crippen LogP contribution in [0.5, 0.6) is 5.75 Å². The summed E-state index contributed by atoms with van der Waals surface area (Å²) in [5, 5.41) is 2.78. The van der Waals surface area contributed by atoms with E-state index in [1.807, 2.05) is 12.1 Å². The van der Waals surface area contributed by atoms with Gasteiger partial charge in [-0.1, -0.05) is 85.5 Å². The van der Waals surface area contributed by atoms with Gasteiger partial charge in [-0.2, -0.15) is 0 Å². The Morgan fingerprint density at radius 3 is 2.04 bits per heavy atom. The minimum absolute atomic E-state index is 0.895. The normalized spacial score (nSPS) is 11.9. The summed E-state index contributed by atoms with van der Waals surface area (Å²) >= 11 is 0. The van der Waals surface area contributed by atoms with Crippen molar-refractivity contribution in [2.24, 2.45) is 0 Å². The van der Waals surface area contributed by atoms with E-state index in [0.29, 0.717) is 0 Å². The molecule has 0 radical (unpaired) electrons. The van der Waals surface area contributed by atoms with Gasteiger partial charge >= 0.3 is 0 Å². The Hall–Kier alpha value is -2.03. The average Bonchev–Trinajstić information content (AvgIpc) is 2.59. The molecule has 0 aliphatic rings. The van der Waals surface area contributed by atoms with Crippen LogP contribution in [0.3, 0.4) is 0 Å². The van der Waals surface area contributed by atoms with Crippen molar-refractivity contribution < 1.29 is 4.74 Å². The number of hydrogen-bond acceptors (Lipinski definition) is 1. The fourth-order valence-corrected chi connectivity index (χ4v) is 5.85. The SMILES string of the molecule is COc1ccc([Si](C)(C)C#C/C=C/[Si](C)(C)c2ccccc2)cc1. The predicted molar refractivity (Wildman–Crippen MR) is 111 cm³/mol. The molecule has 3 heteroatoms. The minimum Gasteiger partial charge on any atom is -0.497 e. The van der Waals surface area contributed by atoms with Crippen molar-refractivity contribution in [1.29, 1.82) is 0 Å². The van der Waals surface area contributed by atoms with E-state index in [9.17, 15) is 0 Å². The molecule has 0 aliphatic heterocycles. The predicted octanol–water partition coefficient (Wildman–Crippen LogP) is 3.86. The standard InChI is InChI=1S/C21H26OSi2/c1-22-19-13-15-21(16-14-19)24(4,5)18-10-9-17-23(2,3)20-11-7-6-8-12-20/h6-9,11-17H,1-5H3/b17-9+. The highest BCUT2D eigenvalue weighted by molar-refractivity contribution is 6.96. The van der Waals surface area contributed by atoms with Crippen LogP contribution in [0.15, 0.2) is 66.4 Å². The van der Waals surface area contributed by atoms with E-state index >= 15 is 0 Å². The van der Waals surface area contributed by atoms with Crippen molar-refractivity contribution in [2.75, 3.05) is 7.11 Å². The average molecular weight is 351 g/mol. The van der Waals surface area contributed by atoms with Gasteiger partial charge < -0.3 is 4.74 Å². The molecule has 2 aromatic rings. The first-order valence-electron chi connectivity index (χ1n) is 8.26. The van der Waals surface area contributed by atoms with Gasteiger partial charge in [-0.15, -0.1) is 5.54 Å². The van der Waals surface area contributed by atoms with E-state index in [1.165, 1.54) is 10.4 Å². The third-order valence-electron chi connectivity index (χ3n) is 4.30. The van der Waals surface area contributed by atoms with Gasteiger partial charge in [-0.3, -0.25) is 0 Å². The van der Waals surface area contributed by atoms with Gasteiger partial charge in [-0.05, 0) is 23.4 Å². The molecule has 0 N–H and O–H groups in total. The van der Waals surface area contributed by atoms with E-state index in [-0.39, 0.29) is 0 Å². The summed E-state index contributed by atoms with van der Waals surface area (Å²) in [5.74, 6) is 4.21. The Labute approximate surface area is 148 Å². The van der Waals surface area contributed by atoms with E-state index in [1.54, 1.807) is 7.11 Å². The minimum atomic E-state index is -1.74. The Kier molecular flexibility index (Phi) is 5.87. The van der Waals surface area contributed by atoms with E-state index < -0.39 is 16.1 Å². The number of hydrogen-bond donors (Lipinski definition) is 0. The maximum Gasteiger partial charge on any atom is 0.163 e. The number of ether oxygens (including phenoxy) is 1. The zero-order valence-electron chi connectivity index (χ0n) is 15.3. The lowest BCUT2D eigenvalue weighted by atomic mass is 10.3. The first-order chi connectivity index (χ1) is 11.3. The van der Waals surface area contributed by atoms with Gasteiger partial charge in [0.1, 0.15) is 13.8 Å². The molecule has 0 bridgehead atoms. The lowest BCUT2D eigenvalue weighted by Gasteiger charge is -2.17. The second-order valence-corrected chi connectivity index (χ2v) is 15.5. The summed E-state index contributed by atoms with van der Waals surface area (Å²) in [5.41, 5.74) is 5.85. The molecule has 0 aliphatic carbocycles. The summed E-state index contributed by atoms with van der Waals surface area (Å²) in [4.78, 5) is 0. The monoisotopic (exact) mass is 350 g/mol. The van der Waals surface area contributed by atoms with Gasteiger partial charge in [0, 0.05) is 0 Å². The number of allylic oxidation sites excluding steroid dienone is 1. The summed E-state index contributed by atoms with van der Waals surface area (Å²) < 4.78 is 5.23.